The van der Waals surface area contributed by atoms with Crippen molar-refractivity contribution in [3.63, 3.8) is 0 Å². The lowest BCUT2D eigenvalue weighted by molar-refractivity contribution is 0.0588. The highest BCUT2D eigenvalue weighted by Gasteiger charge is 2.24. The van der Waals surface area contributed by atoms with Crippen LogP contribution in [0.4, 0.5) is 5.69 Å². The minimum atomic E-state index is -1.04. The van der Waals surface area contributed by atoms with Gasteiger partial charge in [0.15, 0.2) is 0 Å². The van der Waals surface area contributed by atoms with Crippen molar-refractivity contribution in [2.75, 3.05) is 12.4 Å². The van der Waals surface area contributed by atoms with E-state index in [1.807, 2.05) is 72.8 Å². The molecule has 0 saturated carbocycles. The number of nitrogens with zero attached hydrogens (tertiary/aromatic N) is 1. The van der Waals surface area contributed by atoms with Crippen molar-refractivity contribution in [2.24, 2.45) is 0 Å². The summed E-state index contributed by atoms with van der Waals surface area (Å²) in [5, 5.41) is 13.7. The van der Waals surface area contributed by atoms with Crippen molar-refractivity contribution >= 4 is 40.8 Å². The Morgan fingerprint density at radius 2 is 1.48 bits per heavy atom. The van der Waals surface area contributed by atoms with Crippen molar-refractivity contribution < 1.29 is 19.4 Å². The third-order valence-corrected chi connectivity index (χ3v) is 6.59. The Kier molecular flexibility index (Phi) is 8.67. The third-order valence-electron chi connectivity index (χ3n) is 6.59. The van der Waals surface area contributed by atoms with Gasteiger partial charge < -0.3 is 15.2 Å². The molecule has 0 saturated heterocycles. The molecule has 2 N–H and O–H groups in total. The third kappa shape index (κ3) is 5.75. The Morgan fingerprint density at radius 1 is 0.825 bits per heavy atom. The van der Waals surface area contributed by atoms with Gasteiger partial charge in [-0.3, -0.25) is 9.36 Å². The minimum Gasteiger partial charge on any atom is -0.478 e. The zero-order valence-corrected chi connectivity index (χ0v) is 22.5. The smallest absolute Gasteiger partial charge is 0.355 e. The number of carboxylic acid groups (broad SMARTS) is 1. The molecular weight excluding hydrogens is 528 g/mol. The number of carbonyl (C=O) groups is 2. The molecule has 4 aromatic carbocycles. The Morgan fingerprint density at radius 3 is 2.10 bits per heavy atom. The summed E-state index contributed by atoms with van der Waals surface area (Å²) in [6.45, 7) is 0.660. The first-order chi connectivity index (χ1) is 19.0. The summed E-state index contributed by atoms with van der Waals surface area (Å²) in [7, 11) is 1.29. The van der Waals surface area contributed by atoms with Gasteiger partial charge in [0.05, 0.1) is 19.2 Å². The van der Waals surface area contributed by atoms with E-state index in [2.05, 4.69) is 5.32 Å². The van der Waals surface area contributed by atoms with Crippen LogP contribution in [0.5, 0.6) is 0 Å². The van der Waals surface area contributed by atoms with Crippen molar-refractivity contribution in [3.8, 4) is 11.1 Å². The molecular formula is C32H27ClN2O5. The molecule has 1 heterocycles. The maximum Gasteiger partial charge on any atom is 0.355 e. The summed E-state index contributed by atoms with van der Waals surface area (Å²) < 4.78 is 6.58. The SMILES string of the molecule is COC(=O)c1c(-c2ccccc2)c2cc(NCc3ccccc3)ccc2c(=O)n1Cc1ccc(C(=O)O)cc1.Cl. The number of pyridine rings is 1. The van der Waals surface area contributed by atoms with E-state index < -0.39 is 11.9 Å². The fourth-order valence-electron chi connectivity index (χ4n) is 4.65. The van der Waals surface area contributed by atoms with E-state index in [1.165, 1.54) is 23.8 Å². The largest absolute Gasteiger partial charge is 0.478 e. The van der Waals surface area contributed by atoms with Crippen LogP contribution >= 0.6 is 12.4 Å². The Balaban J connectivity index is 0.00000370. The quantitative estimate of drug-likeness (QED) is 0.220. The molecule has 1 aromatic heterocycles. The average molecular weight is 555 g/mol. The number of rotatable bonds is 8. The number of hydrogen-bond donors (Lipinski definition) is 2. The fraction of sp³-hybridized carbons (Fsp3) is 0.0938. The van der Waals surface area contributed by atoms with Crippen molar-refractivity contribution in [1.29, 1.82) is 0 Å². The summed E-state index contributed by atoms with van der Waals surface area (Å²) in [4.78, 5) is 38.4. The van der Waals surface area contributed by atoms with E-state index in [-0.39, 0.29) is 35.8 Å². The number of esters is 1. The number of aromatic carboxylic acids is 1. The van der Waals surface area contributed by atoms with E-state index in [4.69, 9.17) is 4.74 Å². The highest BCUT2D eigenvalue weighted by atomic mass is 35.5. The Labute approximate surface area is 237 Å². The van der Waals surface area contributed by atoms with E-state index in [0.717, 1.165) is 16.8 Å². The number of hydrogen-bond acceptors (Lipinski definition) is 5. The lowest BCUT2D eigenvalue weighted by Gasteiger charge is -2.19. The van der Waals surface area contributed by atoms with E-state index in [0.29, 0.717) is 28.4 Å². The van der Waals surface area contributed by atoms with Crippen LogP contribution in [0.3, 0.4) is 0 Å². The second-order valence-corrected chi connectivity index (χ2v) is 9.07. The zero-order valence-electron chi connectivity index (χ0n) is 21.7. The van der Waals surface area contributed by atoms with Crippen LogP contribution in [0.15, 0.2) is 108 Å². The number of fused-ring (bicyclic) bond motifs is 1. The van der Waals surface area contributed by atoms with Gasteiger partial charge in [-0.15, -0.1) is 12.4 Å². The van der Waals surface area contributed by atoms with Gasteiger partial charge in [0.1, 0.15) is 5.69 Å². The van der Waals surface area contributed by atoms with Crippen LogP contribution in [-0.2, 0) is 17.8 Å². The summed E-state index contributed by atoms with van der Waals surface area (Å²) in [6.07, 6.45) is 0. The van der Waals surface area contributed by atoms with Gasteiger partial charge in [-0.05, 0) is 52.4 Å². The van der Waals surface area contributed by atoms with E-state index in [1.54, 1.807) is 18.2 Å². The predicted octanol–water partition coefficient (Wildman–Crippen LogP) is 6.24. The number of ether oxygens (including phenoxy) is 1. The Hall–Kier alpha value is -4.88. The molecule has 0 aliphatic heterocycles. The molecule has 202 valence electrons. The molecule has 0 aliphatic rings. The lowest BCUT2D eigenvalue weighted by Crippen LogP contribution is -2.28. The van der Waals surface area contributed by atoms with Crippen LogP contribution in [-0.4, -0.2) is 28.7 Å². The first-order valence-corrected chi connectivity index (χ1v) is 12.4. The summed E-state index contributed by atoms with van der Waals surface area (Å²) in [6, 6.07) is 31.1. The van der Waals surface area contributed by atoms with E-state index in [9.17, 15) is 19.5 Å². The van der Waals surface area contributed by atoms with Gasteiger partial charge in [0, 0.05) is 23.2 Å². The number of halogens is 1. The van der Waals surface area contributed by atoms with Crippen molar-refractivity contribution in [1.82, 2.24) is 4.57 Å². The average Bonchev–Trinajstić information content (AvgIpc) is 2.98. The number of carboxylic acids is 1. The lowest BCUT2D eigenvalue weighted by atomic mass is 9.95. The number of anilines is 1. The van der Waals surface area contributed by atoms with Gasteiger partial charge in [-0.25, -0.2) is 9.59 Å². The normalized spacial score (nSPS) is 10.5. The maximum absolute atomic E-state index is 13.9. The first-order valence-electron chi connectivity index (χ1n) is 12.4. The van der Waals surface area contributed by atoms with Crippen LogP contribution in [0.1, 0.15) is 32.0 Å². The van der Waals surface area contributed by atoms with Gasteiger partial charge in [0.25, 0.3) is 5.56 Å². The Bertz CT molecular complexity index is 1720. The molecule has 40 heavy (non-hydrogen) atoms. The van der Waals surface area contributed by atoms with Gasteiger partial charge in [-0.1, -0.05) is 72.8 Å². The number of benzene rings is 4. The van der Waals surface area contributed by atoms with Gasteiger partial charge in [-0.2, -0.15) is 0 Å². The van der Waals surface area contributed by atoms with Crippen molar-refractivity contribution in [2.45, 2.75) is 13.1 Å². The molecule has 0 amide bonds. The standard InChI is InChI=1S/C32H26N2O5.ClH/c1-39-32(38)29-28(23-10-6-3-7-11-23)27-18-25(33-19-21-8-4-2-5-9-21)16-17-26(27)30(35)34(29)20-22-12-14-24(15-13-22)31(36)37;/h2-18,33H,19-20H2,1H3,(H,36,37);1H. The molecule has 5 rings (SSSR count). The monoisotopic (exact) mass is 554 g/mol. The van der Waals surface area contributed by atoms with Gasteiger partial charge >= 0.3 is 11.9 Å². The highest BCUT2D eigenvalue weighted by molar-refractivity contribution is 6.07. The maximum atomic E-state index is 13.9. The molecule has 0 unspecified atom stereocenters. The second kappa shape index (κ2) is 12.3. The minimum absolute atomic E-state index is 0. The topological polar surface area (TPSA) is 97.6 Å². The second-order valence-electron chi connectivity index (χ2n) is 9.07. The fourth-order valence-corrected chi connectivity index (χ4v) is 4.65. The predicted molar refractivity (Wildman–Crippen MR) is 159 cm³/mol. The number of aromatic nitrogens is 1. The van der Waals surface area contributed by atoms with Gasteiger partial charge in [0.2, 0.25) is 0 Å². The van der Waals surface area contributed by atoms with Crippen LogP contribution in [0, 0.1) is 0 Å². The first kappa shape index (κ1) is 28.1. The number of methoxy groups -OCH3 is 1. The molecule has 0 bridgehead atoms. The molecule has 0 spiro atoms. The van der Waals surface area contributed by atoms with Crippen LogP contribution in [0.25, 0.3) is 21.9 Å². The molecule has 8 heteroatoms. The van der Waals surface area contributed by atoms with Crippen molar-refractivity contribution in [3.05, 3.63) is 136 Å². The summed E-state index contributed by atoms with van der Waals surface area (Å²) >= 11 is 0. The van der Waals surface area contributed by atoms with Crippen LogP contribution in [0.2, 0.25) is 0 Å². The zero-order chi connectivity index (χ0) is 27.4. The molecule has 0 fully saturated rings. The molecule has 0 atom stereocenters. The number of carbonyl (C=O) groups excluding carboxylic acids is 1. The van der Waals surface area contributed by atoms with E-state index >= 15 is 0 Å². The number of nitrogens with one attached hydrogen (secondary N) is 1. The molecule has 0 aliphatic carbocycles. The summed E-state index contributed by atoms with van der Waals surface area (Å²) in [5.41, 5.74) is 3.86. The summed E-state index contributed by atoms with van der Waals surface area (Å²) in [5.74, 6) is -1.68. The molecule has 7 nitrogen and oxygen atoms in total. The molecule has 5 aromatic rings. The van der Waals surface area contributed by atoms with Crippen LogP contribution < -0.4 is 10.9 Å². The highest BCUT2D eigenvalue weighted by Crippen LogP contribution is 2.33. The molecule has 0 radical (unpaired) electrons.